The zero-order valence-electron chi connectivity index (χ0n) is 17.8. The number of thiophene rings is 1. The minimum Gasteiger partial charge on any atom is -0.495 e. The molecular formula is C23H28N2O5S. The van der Waals surface area contributed by atoms with Crippen LogP contribution in [0.5, 0.6) is 5.75 Å². The monoisotopic (exact) mass is 444 g/mol. The SMILES string of the molecule is COc1ccccc1NC(=O)c1c(NC(=O)C[C@@H](C)CC(=O)O)sc2c1CCCCC2. The lowest BCUT2D eigenvalue weighted by molar-refractivity contribution is -0.138. The van der Waals surface area contributed by atoms with Crippen molar-refractivity contribution in [1.29, 1.82) is 0 Å². The molecule has 1 aromatic carbocycles. The molecule has 3 rings (SSSR count). The smallest absolute Gasteiger partial charge is 0.303 e. The van der Waals surface area contributed by atoms with Gasteiger partial charge in [-0.15, -0.1) is 11.3 Å². The number of benzene rings is 1. The lowest BCUT2D eigenvalue weighted by atomic mass is 10.0. The minimum atomic E-state index is -0.931. The zero-order chi connectivity index (χ0) is 22.4. The molecule has 7 nitrogen and oxygen atoms in total. The van der Waals surface area contributed by atoms with Gasteiger partial charge in [0.2, 0.25) is 5.91 Å². The van der Waals surface area contributed by atoms with Gasteiger partial charge in [-0.25, -0.2) is 0 Å². The van der Waals surface area contributed by atoms with Gasteiger partial charge in [-0.2, -0.15) is 0 Å². The first kappa shape index (κ1) is 22.8. The molecule has 0 saturated carbocycles. The van der Waals surface area contributed by atoms with Gasteiger partial charge in [0.25, 0.3) is 5.91 Å². The number of rotatable bonds is 8. The summed E-state index contributed by atoms with van der Waals surface area (Å²) in [5.74, 6) is -1.22. The van der Waals surface area contributed by atoms with Crippen molar-refractivity contribution in [2.45, 2.75) is 51.9 Å². The van der Waals surface area contributed by atoms with Crippen LogP contribution >= 0.6 is 11.3 Å². The van der Waals surface area contributed by atoms with E-state index in [0.29, 0.717) is 22.0 Å². The molecule has 31 heavy (non-hydrogen) atoms. The molecule has 1 aromatic heterocycles. The first-order valence-corrected chi connectivity index (χ1v) is 11.3. The summed E-state index contributed by atoms with van der Waals surface area (Å²) in [6.45, 7) is 1.73. The molecule has 0 fully saturated rings. The van der Waals surface area contributed by atoms with Gasteiger partial charge in [0.1, 0.15) is 10.8 Å². The highest BCUT2D eigenvalue weighted by atomic mass is 32.1. The maximum Gasteiger partial charge on any atom is 0.303 e. The molecule has 0 radical (unpaired) electrons. The van der Waals surface area contributed by atoms with Crippen LogP contribution in [0.2, 0.25) is 0 Å². The predicted octanol–water partition coefficient (Wildman–Crippen LogP) is 4.72. The molecule has 166 valence electrons. The molecule has 1 atom stereocenters. The molecular weight excluding hydrogens is 416 g/mol. The second-order valence-corrected chi connectivity index (χ2v) is 8.98. The van der Waals surface area contributed by atoms with E-state index in [1.165, 1.54) is 11.3 Å². The maximum absolute atomic E-state index is 13.3. The Morgan fingerprint density at radius 3 is 2.58 bits per heavy atom. The number of aliphatic carboxylic acids is 1. The van der Waals surface area contributed by atoms with E-state index >= 15 is 0 Å². The molecule has 1 aliphatic rings. The van der Waals surface area contributed by atoms with Crippen LogP contribution in [0.25, 0.3) is 0 Å². The third-order valence-electron chi connectivity index (χ3n) is 5.31. The van der Waals surface area contributed by atoms with Gasteiger partial charge in [-0.1, -0.05) is 25.5 Å². The fourth-order valence-corrected chi connectivity index (χ4v) is 5.17. The van der Waals surface area contributed by atoms with E-state index < -0.39 is 5.97 Å². The van der Waals surface area contributed by atoms with E-state index in [9.17, 15) is 14.4 Å². The van der Waals surface area contributed by atoms with Crippen LogP contribution in [0.1, 0.15) is 59.8 Å². The van der Waals surface area contributed by atoms with Crippen LogP contribution in [0.3, 0.4) is 0 Å². The Bertz CT molecular complexity index is 969. The van der Waals surface area contributed by atoms with Gasteiger partial charge >= 0.3 is 5.97 Å². The first-order valence-electron chi connectivity index (χ1n) is 10.5. The van der Waals surface area contributed by atoms with Crippen LogP contribution in [-0.4, -0.2) is 30.0 Å². The molecule has 1 heterocycles. The topological polar surface area (TPSA) is 105 Å². The van der Waals surface area contributed by atoms with Crippen molar-refractivity contribution in [2.75, 3.05) is 17.7 Å². The number of hydrogen-bond acceptors (Lipinski definition) is 5. The third kappa shape index (κ3) is 5.85. The van der Waals surface area contributed by atoms with Crippen LogP contribution in [0.15, 0.2) is 24.3 Å². The summed E-state index contributed by atoms with van der Waals surface area (Å²) < 4.78 is 5.34. The number of amides is 2. The van der Waals surface area contributed by atoms with Crippen molar-refractivity contribution >= 4 is 39.8 Å². The minimum absolute atomic E-state index is 0.0739. The number of carbonyl (C=O) groups excluding carboxylic acids is 2. The molecule has 1 aliphatic carbocycles. The molecule has 0 spiro atoms. The quantitative estimate of drug-likeness (QED) is 0.511. The predicted molar refractivity (Wildman–Crippen MR) is 121 cm³/mol. The summed E-state index contributed by atoms with van der Waals surface area (Å²) in [7, 11) is 1.55. The molecule has 0 aliphatic heterocycles. The summed E-state index contributed by atoms with van der Waals surface area (Å²) in [6.07, 6.45) is 4.87. The number of carboxylic acid groups (broad SMARTS) is 1. The van der Waals surface area contributed by atoms with E-state index in [4.69, 9.17) is 9.84 Å². The Balaban J connectivity index is 1.87. The van der Waals surface area contributed by atoms with Crippen molar-refractivity contribution < 1.29 is 24.2 Å². The largest absolute Gasteiger partial charge is 0.495 e. The van der Waals surface area contributed by atoms with E-state index in [0.717, 1.165) is 42.5 Å². The highest BCUT2D eigenvalue weighted by Crippen LogP contribution is 2.38. The van der Waals surface area contributed by atoms with E-state index in [-0.39, 0.29) is 30.6 Å². The number of nitrogens with one attached hydrogen (secondary N) is 2. The van der Waals surface area contributed by atoms with Gasteiger partial charge in [0.05, 0.1) is 18.4 Å². The number of ether oxygens (including phenoxy) is 1. The lowest BCUT2D eigenvalue weighted by Gasteiger charge is -2.13. The number of carboxylic acids is 1. The molecule has 8 heteroatoms. The number of para-hydroxylation sites is 2. The standard InChI is InChI=1S/C23H28N2O5S/c1-14(13-20(27)28)12-19(26)25-23-21(15-8-4-3-5-11-18(15)31-23)22(29)24-16-9-6-7-10-17(16)30-2/h6-7,9-10,14H,3-5,8,11-13H2,1-2H3,(H,24,29)(H,25,26)(H,27,28)/t14-/m1/s1. The lowest BCUT2D eigenvalue weighted by Crippen LogP contribution is -2.20. The fraction of sp³-hybridized carbons (Fsp3) is 0.435. The number of hydrogen-bond donors (Lipinski definition) is 3. The fourth-order valence-electron chi connectivity index (χ4n) is 3.87. The second kappa shape index (κ2) is 10.4. The highest BCUT2D eigenvalue weighted by molar-refractivity contribution is 7.17. The molecule has 3 N–H and O–H groups in total. The molecule has 0 saturated heterocycles. The first-order chi connectivity index (χ1) is 14.9. The Morgan fingerprint density at radius 1 is 1.10 bits per heavy atom. The number of methoxy groups -OCH3 is 1. The van der Waals surface area contributed by atoms with Crippen LogP contribution in [0.4, 0.5) is 10.7 Å². The van der Waals surface area contributed by atoms with E-state index in [2.05, 4.69) is 10.6 Å². The number of aryl methyl sites for hydroxylation is 1. The van der Waals surface area contributed by atoms with Crippen molar-refractivity contribution in [3.05, 3.63) is 40.3 Å². The Kier molecular flexibility index (Phi) is 7.68. The number of carbonyl (C=O) groups is 3. The summed E-state index contributed by atoms with van der Waals surface area (Å²) >= 11 is 1.45. The van der Waals surface area contributed by atoms with Crippen molar-refractivity contribution in [2.24, 2.45) is 5.92 Å². The summed E-state index contributed by atoms with van der Waals surface area (Å²) in [5.41, 5.74) is 2.08. The van der Waals surface area contributed by atoms with Crippen LogP contribution in [-0.2, 0) is 22.4 Å². The highest BCUT2D eigenvalue weighted by Gasteiger charge is 2.26. The van der Waals surface area contributed by atoms with Gasteiger partial charge in [-0.05, 0) is 49.3 Å². The Hall–Kier alpha value is -2.87. The third-order valence-corrected chi connectivity index (χ3v) is 6.52. The summed E-state index contributed by atoms with van der Waals surface area (Å²) in [4.78, 5) is 37.9. The van der Waals surface area contributed by atoms with Crippen LogP contribution in [0, 0.1) is 5.92 Å². The Labute approximate surface area is 185 Å². The summed E-state index contributed by atoms with van der Waals surface area (Å²) in [5, 5.41) is 15.3. The Morgan fingerprint density at radius 2 is 1.84 bits per heavy atom. The normalized spacial score (nSPS) is 14.1. The van der Waals surface area contributed by atoms with Gasteiger partial charge < -0.3 is 20.5 Å². The van der Waals surface area contributed by atoms with E-state index in [1.807, 2.05) is 12.1 Å². The second-order valence-electron chi connectivity index (χ2n) is 7.88. The van der Waals surface area contributed by atoms with Crippen molar-refractivity contribution in [3.8, 4) is 5.75 Å². The van der Waals surface area contributed by atoms with Crippen molar-refractivity contribution in [1.82, 2.24) is 0 Å². The average Bonchev–Trinajstić information content (AvgIpc) is 2.88. The molecule has 0 bridgehead atoms. The average molecular weight is 445 g/mol. The molecule has 2 amide bonds. The van der Waals surface area contributed by atoms with Crippen molar-refractivity contribution in [3.63, 3.8) is 0 Å². The number of anilines is 2. The molecule has 2 aromatic rings. The van der Waals surface area contributed by atoms with Gasteiger partial charge in [0.15, 0.2) is 0 Å². The van der Waals surface area contributed by atoms with Gasteiger partial charge in [-0.3, -0.25) is 14.4 Å². The molecule has 0 unspecified atom stereocenters. The van der Waals surface area contributed by atoms with E-state index in [1.54, 1.807) is 26.2 Å². The zero-order valence-corrected chi connectivity index (χ0v) is 18.6. The van der Waals surface area contributed by atoms with Gasteiger partial charge in [0, 0.05) is 17.7 Å². The maximum atomic E-state index is 13.3. The van der Waals surface area contributed by atoms with Crippen LogP contribution < -0.4 is 15.4 Å². The number of fused-ring (bicyclic) bond motifs is 1. The summed E-state index contributed by atoms with van der Waals surface area (Å²) in [6, 6.07) is 7.19.